The minimum atomic E-state index is -1.08. The molecule has 0 spiro atoms. The third-order valence-corrected chi connectivity index (χ3v) is 1.45. The molecule has 0 bridgehead atoms. The molecule has 0 aliphatic carbocycles. The summed E-state index contributed by atoms with van der Waals surface area (Å²) in [5.74, 6) is 0. The summed E-state index contributed by atoms with van der Waals surface area (Å²) in [6.07, 6.45) is -0.390. The van der Waals surface area contributed by atoms with E-state index in [-0.39, 0.29) is 0 Å². The van der Waals surface area contributed by atoms with E-state index >= 15 is 0 Å². The molecule has 0 aromatic heterocycles. The molecule has 3 nitrogen and oxygen atoms in total. The Morgan fingerprint density at radius 1 is 1.67 bits per heavy atom. The van der Waals surface area contributed by atoms with Crippen molar-refractivity contribution in [3.05, 3.63) is 6.29 Å². The summed E-state index contributed by atoms with van der Waals surface area (Å²) >= 11 is 0. The number of nitrogens with zero attached hydrogens (tertiary/aromatic N) is 1. The van der Waals surface area contributed by atoms with Gasteiger partial charge in [0.25, 0.3) is 0 Å². The fraction of sp³-hybridized carbons (Fsp3) is 0.667. The van der Waals surface area contributed by atoms with Crippen LogP contribution >= 0.6 is 0 Å². The minimum Gasteiger partial charge on any atom is -0.360 e. The van der Waals surface area contributed by atoms with Gasteiger partial charge < -0.3 is 10.2 Å². The standard InChI is InChI=1S/C6H10NO2/c1-3-6(2,4-7)5(8)9/h8-9H,3H2,1-2H3. The Bertz CT molecular complexity index is 128. The largest absolute Gasteiger partial charge is 0.360 e. The summed E-state index contributed by atoms with van der Waals surface area (Å²) in [4.78, 5) is 0. The number of hydrogen-bond acceptors (Lipinski definition) is 3. The van der Waals surface area contributed by atoms with E-state index in [0.29, 0.717) is 6.42 Å². The lowest BCUT2D eigenvalue weighted by molar-refractivity contribution is 0.00898. The van der Waals surface area contributed by atoms with Crippen LogP contribution < -0.4 is 0 Å². The Balaban J connectivity index is 4.14. The number of aliphatic hydroxyl groups excluding tert-OH is 1. The maximum atomic E-state index is 8.52. The number of rotatable bonds is 2. The van der Waals surface area contributed by atoms with Crippen molar-refractivity contribution in [2.45, 2.75) is 20.3 Å². The van der Waals surface area contributed by atoms with Gasteiger partial charge in [0, 0.05) is 0 Å². The third-order valence-electron chi connectivity index (χ3n) is 1.45. The van der Waals surface area contributed by atoms with Gasteiger partial charge in [-0.2, -0.15) is 5.26 Å². The highest BCUT2D eigenvalue weighted by molar-refractivity contribution is 5.03. The molecular formula is C6H10NO2. The summed E-state index contributed by atoms with van der Waals surface area (Å²) in [7, 11) is 0. The van der Waals surface area contributed by atoms with Gasteiger partial charge in [0.05, 0.1) is 6.07 Å². The molecule has 0 aromatic rings. The molecular weight excluding hydrogens is 118 g/mol. The van der Waals surface area contributed by atoms with Crippen LogP contribution in [0, 0.1) is 23.0 Å². The summed E-state index contributed by atoms with van der Waals surface area (Å²) in [5.41, 5.74) is -1.08. The second-order valence-corrected chi connectivity index (χ2v) is 2.12. The molecule has 1 atom stereocenters. The molecule has 0 aliphatic rings. The van der Waals surface area contributed by atoms with Gasteiger partial charge >= 0.3 is 0 Å². The molecule has 0 amide bonds. The molecule has 0 fully saturated rings. The van der Waals surface area contributed by atoms with E-state index in [4.69, 9.17) is 15.5 Å². The van der Waals surface area contributed by atoms with E-state index in [1.807, 2.05) is 0 Å². The van der Waals surface area contributed by atoms with Crippen LogP contribution in [0.25, 0.3) is 0 Å². The summed E-state index contributed by atoms with van der Waals surface area (Å²) in [6.45, 7) is 3.19. The van der Waals surface area contributed by atoms with E-state index in [0.717, 1.165) is 0 Å². The predicted octanol–water partition coefficient (Wildman–Crippen LogP) is 1.16. The lowest BCUT2D eigenvalue weighted by atomic mass is 9.89. The predicted molar refractivity (Wildman–Crippen MR) is 31.1 cm³/mol. The Labute approximate surface area is 54.5 Å². The van der Waals surface area contributed by atoms with Crippen molar-refractivity contribution in [3.8, 4) is 6.07 Å². The van der Waals surface area contributed by atoms with Crippen molar-refractivity contribution in [3.63, 3.8) is 0 Å². The Morgan fingerprint density at radius 3 is 2.11 bits per heavy atom. The van der Waals surface area contributed by atoms with Crippen molar-refractivity contribution >= 4 is 0 Å². The molecule has 1 unspecified atom stereocenters. The first-order valence-corrected chi connectivity index (χ1v) is 2.73. The fourth-order valence-electron chi connectivity index (χ4n) is 0.287. The molecule has 0 heterocycles. The van der Waals surface area contributed by atoms with Crippen LogP contribution in [0.5, 0.6) is 0 Å². The highest BCUT2D eigenvalue weighted by atomic mass is 16.5. The van der Waals surface area contributed by atoms with Crippen LogP contribution in [-0.2, 0) is 0 Å². The third kappa shape index (κ3) is 1.67. The number of nitriles is 1. The lowest BCUT2D eigenvalue weighted by Crippen LogP contribution is -2.22. The molecule has 51 valence electrons. The van der Waals surface area contributed by atoms with Gasteiger partial charge in [-0.25, -0.2) is 0 Å². The van der Waals surface area contributed by atoms with Crippen molar-refractivity contribution in [1.82, 2.24) is 0 Å². The van der Waals surface area contributed by atoms with Gasteiger partial charge in [-0.15, -0.1) is 0 Å². The smallest absolute Gasteiger partial charge is 0.239 e. The Morgan fingerprint density at radius 2 is 2.11 bits per heavy atom. The molecule has 0 aliphatic heterocycles. The van der Waals surface area contributed by atoms with E-state index in [9.17, 15) is 0 Å². The summed E-state index contributed by atoms with van der Waals surface area (Å²) < 4.78 is 0. The van der Waals surface area contributed by atoms with E-state index < -0.39 is 11.7 Å². The van der Waals surface area contributed by atoms with Crippen LogP contribution in [-0.4, -0.2) is 10.2 Å². The van der Waals surface area contributed by atoms with Crippen molar-refractivity contribution in [2.75, 3.05) is 0 Å². The van der Waals surface area contributed by atoms with Gasteiger partial charge in [0.1, 0.15) is 5.41 Å². The molecule has 0 rings (SSSR count). The van der Waals surface area contributed by atoms with Crippen molar-refractivity contribution < 1.29 is 10.2 Å². The number of hydrogen-bond donors (Lipinski definition) is 2. The van der Waals surface area contributed by atoms with Crippen LogP contribution in [0.1, 0.15) is 20.3 Å². The normalized spacial score (nSPS) is 16.9. The maximum Gasteiger partial charge on any atom is 0.239 e. The highest BCUT2D eigenvalue weighted by Crippen LogP contribution is 2.27. The van der Waals surface area contributed by atoms with Gasteiger partial charge in [-0.05, 0) is 13.3 Å². The average Bonchev–Trinajstić information content (AvgIpc) is 1.86. The van der Waals surface area contributed by atoms with Crippen LogP contribution in [0.4, 0.5) is 0 Å². The maximum absolute atomic E-state index is 8.52. The van der Waals surface area contributed by atoms with Gasteiger partial charge in [-0.3, -0.25) is 0 Å². The molecule has 2 N–H and O–H groups in total. The monoisotopic (exact) mass is 128 g/mol. The SMILES string of the molecule is CCC(C)(C#N)[C](O)O. The average molecular weight is 128 g/mol. The van der Waals surface area contributed by atoms with E-state index in [2.05, 4.69) is 0 Å². The summed E-state index contributed by atoms with van der Waals surface area (Å²) in [5, 5.41) is 25.4. The molecule has 9 heavy (non-hydrogen) atoms. The van der Waals surface area contributed by atoms with Crippen molar-refractivity contribution in [1.29, 1.82) is 5.26 Å². The van der Waals surface area contributed by atoms with Crippen LogP contribution in [0.3, 0.4) is 0 Å². The lowest BCUT2D eigenvalue weighted by Gasteiger charge is -2.18. The molecule has 0 aromatic carbocycles. The number of aliphatic hydroxyl groups is 2. The highest BCUT2D eigenvalue weighted by Gasteiger charge is 2.31. The zero-order chi connectivity index (χ0) is 7.49. The first-order valence-electron chi connectivity index (χ1n) is 2.73. The Hall–Kier alpha value is -0.590. The molecule has 1 radical (unpaired) electrons. The first-order chi connectivity index (χ1) is 4.06. The molecule has 3 heteroatoms. The van der Waals surface area contributed by atoms with E-state index in [1.54, 1.807) is 13.0 Å². The Kier molecular flexibility index (Phi) is 2.63. The zero-order valence-electron chi connectivity index (χ0n) is 5.55. The van der Waals surface area contributed by atoms with Crippen LogP contribution in [0.15, 0.2) is 0 Å². The second-order valence-electron chi connectivity index (χ2n) is 2.12. The first kappa shape index (κ1) is 8.41. The van der Waals surface area contributed by atoms with Gasteiger partial charge in [0.15, 0.2) is 0 Å². The quantitative estimate of drug-likeness (QED) is 0.586. The zero-order valence-corrected chi connectivity index (χ0v) is 5.55. The van der Waals surface area contributed by atoms with E-state index in [1.165, 1.54) is 6.92 Å². The molecule has 0 saturated heterocycles. The minimum absolute atomic E-state index is 0.409. The van der Waals surface area contributed by atoms with Gasteiger partial charge in [-0.1, -0.05) is 6.92 Å². The summed E-state index contributed by atoms with van der Waals surface area (Å²) in [6, 6.07) is 1.79. The topological polar surface area (TPSA) is 64.2 Å². The fourth-order valence-corrected chi connectivity index (χ4v) is 0.287. The van der Waals surface area contributed by atoms with Crippen LogP contribution in [0.2, 0.25) is 0 Å². The second kappa shape index (κ2) is 2.81. The van der Waals surface area contributed by atoms with Gasteiger partial charge in [0.2, 0.25) is 6.29 Å². The van der Waals surface area contributed by atoms with Crippen molar-refractivity contribution in [2.24, 2.45) is 5.41 Å². The molecule has 0 saturated carbocycles.